The maximum absolute atomic E-state index is 6.20. The highest BCUT2D eigenvalue weighted by molar-refractivity contribution is 5.18. The molecule has 2 N–H and O–H groups in total. The quantitative estimate of drug-likeness (QED) is 0.863. The topological polar surface area (TPSA) is 38.5 Å². The van der Waals surface area contributed by atoms with E-state index in [0.29, 0.717) is 6.04 Å². The number of hydrogen-bond acceptors (Lipinski definition) is 3. The van der Waals surface area contributed by atoms with Gasteiger partial charge in [-0.15, -0.1) is 0 Å². The monoisotopic (exact) mass is 234 g/mol. The number of nitrogens with two attached hydrogens (primary N) is 1. The van der Waals surface area contributed by atoms with E-state index < -0.39 is 0 Å². The van der Waals surface area contributed by atoms with Crippen molar-refractivity contribution in [2.24, 2.45) is 5.73 Å². The van der Waals surface area contributed by atoms with Crippen molar-refractivity contribution in [2.45, 2.75) is 25.4 Å². The zero-order chi connectivity index (χ0) is 12.1. The van der Waals surface area contributed by atoms with Crippen LogP contribution in [-0.4, -0.2) is 37.2 Å². The number of nitrogens with zero attached hydrogens (tertiary/aromatic N) is 1. The van der Waals surface area contributed by atoms with Crippen LogP contribution >= 0.6 is 0 Å². The van der Waals surface area contributed by atoms with E-state index >= 15 is 0 Å². The molecule has 1 aliphatic rings. The molecule has 2 atom stereocenters. The Morgan fingerprint density at radius 2 is 2.18 bits per heavy atom. The van der Waals surface area contributed by atoms with Crippen molar-refractivity contribution < 1.29 is 4.74 Å². The molecular formula is C14H22N2O. The average Bonchev–Trinajstić information content (AvgIpc) is 2.38. The number of hydrogen-bond donors (Lipinski definition) is 1. The zero-order valence-electron chi connectivity index (χ0n) is 10.5. The fourth-order valence-electron chi connectivity index (χ4n) is 2.27. The van der Waals surface area contributed by atoms with Gasteiger partial charge in [0.05, 0.1) is 13.2 Å². The Labute approximate surface area is 104 Å². The van der Waals surface area contributed by atoms with Gasteiger partial charge in [0.1, 0.15) is 0 Å². The first-order valence-electron chi connectivity index (χ1n) is 6.39. The van der Waals surface area contributed by atoms with Gasteiger partial charge in [-0.3, -0.25) is 4.90 Å². The number of ether oxygens (including phenoxy) is 1. The van der Waals surface area contributed by atoms with Crippen molar-refractivity contribution in [3.63, 3.8) is 0 Å². The molecule has 0 radical (unpaired) electrons. The molecule has 2 unspecified atom stereocenters. The summed E-state index contributed by atoms with van der Waals surface area (Å²) in [5, 5.41) is 0. The van der Waals surface area contributed by atoms with Gasteiger partial charge in [0.2, 0.25) is 0 Å². The highest BCUT2D eigenvalue weighted by Crippen LogP contribution is 2.15. The minimum absolute atomic E-state index is 0.145. The zero-order valence-corrected chi connectivity index (χ0v) is 10.5. The van der Waals surface area contributed by atoms with Crippen LogP contribution < -0.4 is 5.73 Å². The molecule has 17 heavy (non-hydrogen) atoms. The summed E-state index contributed by atoms with van der Waals surface area (Å²) in [6.45, 7) is 6.00. The lowest BCUT2D eigenvalue weighted by Gasteiger charge is -2.33. The van der Waals surface area contributed by atoms with Gasteiger partial charge in [-0.25, -0.2) is 0 Å². The summed E-state index contributed by atoms with van der Waals surface area (Å²) in [4.78, 5) is 2.46. The van der Waals surface area contributed by atoms with Crippen molar-refractivity contribution in [1.82, 2.24) is 4.90 Å². The summed E-state index contributed by atoms with van der Waals surface area (Å²) >= 11 is 0. The first-order chi connectivity index (χ1) is 8.27. The number of rotatable bonds is 4. The predicted molar refractivity (Wildman–Crippen MR) is 69.8 cm³/mol. The number of benzene rings is 1. The minimum Gasteiger partial charge on any atom is -0.379 e. The fourth-order valence-corrected chi connectivity index (χ4v) is 2.27. The second kappa shape index (κ2) is 6.15. The van der Waals surface area contributed by atoms with Gasteiger partial charge in [0, 0.05) is 25.2 Å². The van der Waals surface area contributed by atoms with Crippen molar-refractivity contribution in [1.29, 1.82) is 0 Å². The van der Waals surface area contributed by atoms with Gasteiger partial charge in [0.15, 0.2) is 0 Å². The molecule has 1 fully saturated rings. The summed E-state index contributed by atoms with van der Waals surface area (Å²) in [6.07, 6.45) is 1.01. The Morgan fingerprint density at radius 3 is 2.88 bits per heavy atom. The third kappa shape index (κ3) is 3.53. The smallest absolute Gasteiger partial charge is 0.0619 e. The molecule has 0 bridgehead atoms. The molecule has 3 nitrogen and oxygen atoms in total. The SMILES string of the molecule is CC1COCCN1CCC(N)c1ccccc1. The van der Waals surface area contributed by atoms with E-state index in [-0.39, 0.29) is 6.04 Å². The van der Waals surface area contributed by atoms with Crippen molar-refractivity contribution in [3.8, 4) is 0 Å². The molecule has 94 valence electrons. The summed E-state index contributed by atoms with van der Waals surface area (Å²) < 4.78 is 5.43. The van der Waals surface area contributed by atoms with E-state index in [1.807, 2.05) is 18.2 Å². The number of morpholine rings is 1. The normalized spacial score (nSPS) is 23.5. The standard InChI is InChI=1S/C14H22N2O/c1-12-11-17-10-9-16(12)8-7-14(15)13-5-3-2-4-6-13/h2-6,12,14H,7-11,15H2,1H3. The molecule has 0 amide bonds. The third-order valence-electron chi connectivity index (χ3n) is 3.46. The fraction of sp³-hybridized carbons (Fsp3) is 0.571. The summed E-state index contributed by atoms with van der Waals surface area (Å²) in [5.74, 6) is 0. The van der Waals surface area contributed by atoms with E-state index in [4.69, 9.17) is 10.5 Å². The van der Waals surface area contributed by atoms with Crippen LogP contribution in [0.3, 0.4) is 0 Å². The van der Waals surface area contributed by atoms with Crippen LogP contribution in [0, 0.1) is 0 Å². The van der Waals surface area contributed by atoms with E-state index in [1.54, 1.807) is 0 Å². The van der Waals surface area contributed by atoms with Crippen LogP contribution in [-0.2, 0) is 4.74 Å². The van der Waals surface area contributed by atoms with Crippen molar-refractivity contribution >= 4 is 0 Å². The Bertz CT molecular complexity index is 328. The minimum atomic E-state index is 0.145. The third-order valence-corrected chi connectivity index (χ3v) is 3.46. The van der Waals surface area contributed by atoms with E-state index in [2.05, 4.69) is 24.0 Å². The second-order valence-electron chi connectivity index (χ2n) is 4.77. The molecule has 1 heterocycles. The highest BCUT2D eigenvalue weighted by Gasteiger charge is 2.19. The maximum Gasteiger partial charge on any atom is 0.0619 e. The Hall–Kier alpha value is -0.900. The maximum atomic E-state index is 6.20. The van der Waals surface area contributed by atoms with Crippen LogP contribution in [0.4, 0.5) is 0 Å². The van der Waals surface area contributed by atoms with E-state index in [0.717, 1.165) is 32.7 Å². The highest BCUT2D eigenvalue weighted by atomic mass is 16.5. The van der Waals surface area contributed by atoms with E-state index in [1.165, 1.54) is 5.56 Å². The molecule has 2 rings (SSSR count). The van der Waals surface area contributed by atoms with Gasteiger partial charge in [-0.05, 0) is 18.9 Å². The molecule has 3 heteroatoms. The van der Waals surface area contributed by atoms with Crippen LogP contribution in [0.2, 0.25) is 0 Å². The Kier molecular flexibility index (Phi) is 4.54. The van der Waals surface area contributed by atoms with Crippen molar-refractivity contribution in [3.05, 3.63) is 35.9 Å². The van der Waals surface area contributed by atoms with Gasteiger partial charge in [-0.2, -0.15) is 0 Å². The molecule has 1 saturated heterocycles. The molecule has 0 saturated carbocycles. The van der Waals surface area contributed by atoms with E-state index in [9.17, 15) is 0 Å². The van der Waals surface area contributed by atoms with Gasteiger partial charge < -0.3 is 10.5 Å². The summed E-state index contributed by atoms with van der Waals surface area (Å²) in [7, 11) is 0. The Balaban J connectivity index is 1.81. The van der Waals surface area contributed by atoms with Crippen LogP contribution in [0.15, 0.2) is 30.3 Å². The van der Waals surface area contributed by atoms with Crippen molar-refractivity contribution in [2.75, 3.05) is 26.3 Å². The first kappa shape index (κ1) is 12.6. The van der Waals surface area contributed by atoms with Gasteiger partial charge in [0.25, 0.3) is 0 Å². The van der Waals surface area contributed by atoms with Gasteiger partial charge in [-0.1, -0.05) is 30.3 Å². The van der Waals surface area contributed by atoms with Gasteiger partial charge >= 0.3 is 0 Å². The second-order valence-corrected chi connectivity index (χ2v) is 4.77. The average molecular weight is 234 g/mol. The lowest BCUT2D eigenvalue weighted by Crippen LogP contribution is -2.44. The summed E-state index contributed by atoms with van der Waals surface area (Å²) in [5.41, 5.74) is 7.43. The van der Waals surface area contributed by atoms with Crippen LogP contribution in [0.5, 0.6) is 0 Å². The molecule has 0 aliphatic carbocycles. The molecule has 1 aromatic carbocycles. The molecule has 0 spiro atoms. The molecule has 0 aromatic heterocycles. The molecule has 1 aliphatic heterocycles. The Morgan fingerprint density at radius 1 is 1.41 bits per heavy atom. The summed E-state index contributed by atoms with van der Waals surface area (Å²) in [6, 6.07) is 11.0. The first-order valence-corrected chi connectivity index (χ1v) is 6.39. The molecule has 1 aromatic rings. The molecular weight excluding hydrogens is 212 g/mol. The predicted octanol–water partition coefficient (Wildman–Crippen LogP) is 1.80. The lowest BCUT2D eigenvalue weighted by atomic mass is 10.0. The largest absolute Gasteiger partial charge is 0.379 e. The van der Waals surface area contributed by atoms with Crippen LogP contribution in [0.25, 0.3) is 0 Å². The lowest BCUT2D eigenvalue weighted by molar-refractivity contribution is -0.00139. The van der Waals surface area contributed by atoms with Crippen LogP contribution in [0.1, 0.15) is 24.9 Å².